The summed E-state index contributed by atoms with van der Waals surface area (Å²) in [7, 11) is -3.61. The molecule has 0 saturated carbocycles. The van der Waals surface area contributed by atoms with Gasteiger partial charge in [0.05, 0.1) is 21.1 Å². The van der Waals surface area contributed by atoms with Crippen LogP contribution in [-0.4, -0.2) is 36.1 Å². The Morgan fingerprint density at radius 2 is 1.80 bits per heavy atom. The maximum absolute atomic E-state index is 12.9. The molecule has 3 rings (SSSR count). The summed E-state index contributed by atoms with van der Waals surface area (Å²) >= 11 is 0. The van der Waals surface area contributed by atoms with Crippen molar-refractivity contribution in [1.29, 1.82) is 0 Å². The van der Waals surface area contributed by atoms with Crippen LogP contribution in [0.2, 0.25) is 0 Å². The number of hydrogen-bond acceptors (Lipinski definition) is 5. The first-order valence-electron chi connectivity index (χ1n) is 9.80. The minimum absolute atomic E-state index is 0.0495. The number of aryl methyl sites for hydroxylation is 1. The first-order chi connectivity index (χ1) is 14.1. The zero-order valence-corrected chi connectivity index (χ0v) is 18.0. The Bertz CT molecular complexity index is 1080. The van der Waals surface area contributed by atoms with Crippen molar-refractivity contribution in [2.45, 2.75) is 51.0 Å². The van der Waals surface area contributed by atoms with E-state index in [9.17, 15) is 23.3 Å². The lowest BCUT2D eigenvalue weighted by atomic mass is 10.1. The average molecular weight is 432 g/mol. The second-order valence-electron chi connectivity index (χ2n) is 7.60. The summed E-state index contributed by atoms with van der Waals surface area (Å²) in [5.74, 6) is -0.461. The van der Waals surface area contributed by atoms with Crippen LogP contribution >= 0.6 is 0 Å². The van der Waals surface area contributed by atoms with Crippen molar-refractivity contribution < 1.29 is 18.1 Å². The Hall–Kier alpha value is -2.78. The van der Waals surface area contributed by atoms with E-state index in [0.29, 0.717) is 23.4 Å². The minimum atomic E-state index is -3.61. The summed E-state index contributed by atoms with van der Waals surface area (Å²) in [6, 6.07) is 8.71. The lowest BCUT2D eigenvalue weighted by molar-refractivity contribution is -0.385. The zero-order chi connectivity index (χ0) is 22.1. The molecule has 1 amide bonds. The number of carbonyl (C=O) groups excluding carboxylic acids is 1. The number of carbonyl (C=O) groups is 1. The highest BCUT2D eigenvalue weighted by atomic mass is 32.2. The van der Waals surface area contributed by atoms with E-state index >= 15 is 0 Å². The predicted octanol–water partition coefficient (Wildman–Crippen LogP) is 4.03. The third-order valence-corrected chi connectivity index (χ3v) is 7.57. The summed E-state index contributed by atoms with van der Waals surface area (Å²) in [6.07, 6.45) is 2.69. The molecule has 30 heavy (non-hydrogen) atoms. The van der Waals surface area contributed by atoms with E-state index in [-0.39, 0.29) is 22.2 Å². The molecule has 0 unspecified atom stereocenters. The normalized spacial score (nSPS) is 17.5. The van der Waals surface area contributed by atoms with Crippen LogP contribution in [0.4, 0.5) is 11.4 Å². The molecular formula is C21H25N3O5S. The molecule has 1 aliphatic rings. The van der Waals surface area contributed by atoms with E-state index in [1.807, 2.05) is 6.92 Å². The number of nitro benzene ring substituents is 1. The molecule has 1 N–H and O–H groups in total. The average Bonchev–Trinajstić information content (AvgIpc) is 2.71. The molecule has 1 fully saturated rings. The van der Waals surface area contributed by atoms with Gasteiger partial charge in [-0.25, -0.2) is 8.42 Å². The van der Waals surface area contributed by atoms with Crippen molar-refractivity contribution in [3.05, 3.63) is 63.2 Å². The second kappa shape index (κ2) is 8.53. The van der Waals surface area contributed by atoms with Crippen LogP contribution in [0.5, 0.6) is 0 Å². The molecule has 1 saturated heterocycles. The summed E-state index contributed by atoms with van der Waals surface area (Å²) in [5.41, 5.74) is 1.64. The predicted molar refractivity (Wildman–Crippen MR) is 114 cm³/mol. The molecule has 1 heterocycles. The van der Waals surface area contributed by atoms with Crippen molar-refractivity contribution >= 4 is 27.3 Å². The van der Waals surface area contributed by atoms with Gasteiger partial charge >= 0.3 is 0 Å². The fraction of sp³-hybridized carbons (Fsp3) is 0.381. The van der Waals surface area contributed by atoms with E-state index in [1.54, 1.807) is 19.9 Å². The Morgan fingerprint density at radius 1 is 1.13 bits per heavy atom. The molecule has 0 spiro atoms. The minimum Gasteiger partial charge on any atom is -0.321 e. The topological polar surface area (TPSA) is 110 Å². The number of benzene rings is 2. The first-order valence-corrected chi connectivity index (χ1v) is 11.2. The van der Waals surface area contributed by atoms with Crippen molar-refractivity contribution in [3.63, 3.8) is 0 Å². The van der Waals surface area contributed by atoms with Gasteiger partial charge in [0.1, 0.15) is 0 Å². The van der Waals surface area contributed by atoms with E-state index in [2.05, 4.69) is 5.32 Å². The van der Waals surface area contributed by atoms with E-state index < -0.39 is 20.9 Å². The Morgan fingerprint density at radius 3 is 2.40 bits per heavy atom. The third kappa shape index (κ3) is 4.22. The summed E-state index contributed by atoms with van der Waals surface area (Å²) in [6.45, 7) is 5.73. The fourth-order valence-corrected chi connectivity index (χ4v) is 5.45. The van der Waals surface area contributed by atoms with Gasteiger partial charge in [-0.3, -0.25) is 14.9 Å². The van der Waals surface area contributed by atoms with Crippen molar-refractivity contribution in [2.75, 3.05) is 11.9 Å². The third-order valence-electron chi connectivity index (χ3n) is 5.55. The number of piperidine rings is 1. The number of rotatable bonds is 5. The van der Waals surface area contributed by atoms with Crippen molar-refractivity contribution in [3.8, 4) is 0 Å². The molecular weight excluding hydrogens is 406 g/mol. The largest absolute Gasteiger partial charge is 0.321 e. The first kappa shape index (κ1) is 21.9. The molecule has 1 atom stereocenters. The summed E-state index contributed by atoms with van der Waals surface area (Å²) in [4.78, 5) is 23.5. The molecule has 0 aromatic heterocycles. The van der Waals surface area contributed by atoms with Crippen LogP contribution in [0.3, 0.4) is 0 Å². The monoisotopic (exact) mass is 431 g/mol. The van der Waals surface area contributed by atoms with E-state index in [0.717, 1.165) is 19.3 Å². The number of anilines is 1. The Balaban J connectivity index is 1.83. The van der Waals surface area contributed by atoms with E-state index in [4.69, 9.17) is 0 Å². The lowest BCUT2D eigenvalue weighted by Gasteiger charge is -2.32. The highest BCUT2D eigenvalue weighted by Gasteiger charge is 2.31. The summed E-state index contributed by atoms with van der Waals surface area (Å²) in [5, 5.41) is 13.9. The Kier molecular flexibility index (Phi) is 6.23. The maximum atomic E-state index is 12.9. The molecule has 0 radical (unpaired) electrons. The van der Waals surface area contributed by atoms with E-state index in [1.165, 1.54) is 34.6 Å². The van der Waals surface area contributed by atoms with Gasteiger partial charge in [-0.15, -0.1) is 0 Å². The van der Waals surface area contributed by atoms with Gasteiger partial charge in [0, 0.05) is 24.2 Å². The quantitative estimate of drug-likeness (QED) is 0.568. The molecule has 0 bridgehead atoms. The molecule has 160 valence electrons. The highest BCUT2D eigenvalue weighted by Crippen LogP contribution is 2.29. The number of nitrogens with one attached hydrogen (secondary N) is 1. The van der Waals surface area contributed by atoms with Crippen molar-refractivity contribution in [2.24, 2.45) is 0 Å². The molecule has 9 heteroatoms. The number of nitrogens with zero attached hydrogens (tertiary/aromatic N) is 2. The van der Waals surface area contributed by atoms with Crippen LogP contribution in [0.1, 0.15) is 47.7 Å². The van der Waals surface area contributed by atoms with Crippen molar-refractivity contribution in [1.82, 2.24) is 4.31 Å². The SMILES string of the molecule is Cc1ccc([N+](=O)[O-])c(C)c1NC(=O)c1ccc(S(=O)(=O)N2CCCC[C@H]2C)cc1. The van der Waals surface area contributed by atoms with Crippen LogP contribution in [0.25, 0.3) is 0 Å². The highest BCUT2D eigenvalue weighted by molar-refractivity contribution is 7.89. The number of hydrogen-bond donors (Lipinski definition) is 1. The Labute approximate surface area is 176 Å². The maximum Gasteiger partial charge on any atom is 0.274 e. The van der Waals surface area contributed by atoms with Gasteiger partial charge in [-0.2, -0.15) is 4.31 Å². The molecule has 8 nitrogen and oxygen atoms in total. The number of sulfonamides is 1. The zero-order valence-electron chi connectivity index (χ0n) is 17.2. The van der Waals surface area contributed by atoms with Gasteiger partial charge in [0.25, 0.3) is 11.6 Å². The standard InChI is InChI=1S/C21H25N3O5S/c1-14-7-12-19(24(26)27)16(3)20(14)22-21(25)17-8-10-18(11-9-17)30(28,29)23-13-5-4-6-15(23)2/h7-12,15H,4-6,13H2,1-3H3,(H,22,25)/t15-/m1/s1. The van der Waals surface area contributed by atoms with Crippen LogP contribution < -0.4 is 5.32 Å². The van der Waals surface area contributed by atoms with Gasteiger partial charge in [-0.05, 0) is 63.4 Å². The molecule has 2 aromatic carbocycles. The van der Waals surface area contributed by atoms with Gasteiger partial charge in [0.15, 0.2) is 0 Å². The van der Waals surface area contributed by atoms with Crippen LogP contribution in [0, 0.1) is 24.0 Å². The summed E-state index contributed by atoms with van der Waals surface area (Å²) < 4.78 is 27.4. The van der Waals surface area contributed by atoms with Crippen LogP contribution in [0.15, 0.2) is 41.3 Å². The molecule has 1 aliphatic heterocycles. The van der Waals surface area contributed by atoms with Gasteiger partial charge in [-0.1, -0.05) is 12.5 Å². The van der Waals surface area contributed by atoms with Crippen LogP contribution in [-0.2, 0) is 10.0 Å². The number of nitro groups is 1. The van der Waals surface area contributed by atoms with Gasteiger partial charge in [0.2, 0.25) is 10.0 Å². The molecule has 2 aromatic rings. The fourth-order valence-electron chi connectivity index (χ4n) is 3.75. The smallest absolute Gasteiger partial charge is 0.274 e. The lowest BCUT2D eigenvalue weighted by Crippen LogP contribution is -2.41. The number of amides is 1. The van der Waals surface area contributed by atoms with Gasteiger partial charge < -0.3 is 5.32 Å². The second-order valence-corrected chi connectivity index (χ2v) is 9.49. The molecule has 0 aliphatic carbocycles.